The van der Waals surface area contributed by atoms with Gasteiger partial charge in [0.25, 0.3) is 0 Å². The highest BCUT2D eigenvalue weighted by atomic mass is 35.5. The summed E-state index contributed by atoms with van der Waals surface area (Å²) in [6, 6.07) is 5.13. The van der Waals surface area contributed by atoms with E-state index >= 15 is 0 Å². The van der Waals surface area contributed by atoms with Crippen molar-refractivity contribution in [3.05, 3.63) is 34.9 Å². The number of rotatable bonds is 4. The number of pyridine rings is 1. The molecule has 2 rings (SSSR count). The van der Waals surface area contributed by atoms with Crippen LogP contribution in [-0.2, 0) is 6.42 Å². The Balaban J connectivity index is 2.63. The first-order chi connectivity index (χ1) is 8.15. The Labute approximate surface area is 103 Å². The van der Waals surface area contributed by atoms with Crippen molar-refractivity contribution >= 4 is 23.1 Å². The summed E-state index contributed by atoms with van der Waals surface area (Å²) in [6.07, 6.45) is 0.620. The molecule has 5 nitrogen and oxygen atoms in total. The molecule has 2 aromatic heterocycles. The van der Waals surface area contributed by atoms with Crippen LogP contribution in [0.15, 0.2) is 18.2 Å². The minimum absolute atomic E-state index is 0.0404. The SMILES string of the molecule is CNCCc1nc(C(=O)O)c2cccc(Cl)n12. The number of carboxylic acids is 1. The molecule has 6 heteroatoms. The van der Waals surface area contributed by atoms with Gasteiger partial charge in [0, 0.05) is 13.0 Å². The lowest BCUT2D eigenvalue weighted by atomic mass is 10.3. The Kier molecular flexibility index (Phi) is 3.31. The lowest BCUT2D eigenvalue weighted by Crippen LogP contribution is -2.12. The standard InChI is InChI=1S/C11H12ClN3O2/c1-13-6-5-9-14-10(11(16)17)7-3-2-4-8(12)15(7)9/h2-4,13H,5-6H2,1H3,(H,16,17). The van der Waals surface area contributed by atoms with Gasteiger partial charge in [-0.1, -0.05) is 17.7 Å². The Morgan fingerprint density at radius 3 is 3.00 bits per heavy atom. The fourth-order valence-corrected chi connectivity index (χ4v) is 1.99. The van der Waals surface area contributed by atoms with E-state index < -0.39 is 5.97 Å². The average molecular weight is 254 g/mol. The average Bonchev–Trinajstić information content (AvgIpc) is 2.67. The van der Waals surface area contributed by atoms with E-state index in [4.69, 9.17) is 16.7 Å². The van der Waals surface area contributed by atoms with Crippen LogP contribution in [0, 0.1) is 0 Å². The van der Waals surface area contributed by atoms with Crippen molar-refractivity contribution in [2.24, 2.45) is 0 Å². The number of likely N-dealkylation sites (N-methyl/N-ethyl adjacent to an activating group) is 1. The number of fused-ring (bicyclic) bond motifs is 1. The summed E-state index contributed by atoms with van der Waals surface area (Å²) in [5, 5.41) is 12.5. The molecule has 2 aromatic rings. The summed E-state index contributed by atoms with van der Waals surface area (Å²) in [6.45, 7) is 0.712. The van der Waals surface area contributed by atoms with Gasteiger partial charge in [0.1, 0.15) is 11.0 Å². The molecule has 0 amide bonds. The quantitative estimate of drug-likeness (QED) is 0.810. The molecule has 0 bridgehead atoms. The molecule has 0 saturated carbocycles. The van der Waals surface area contributed by atoms with E-state index in [-0.39, 0.29) is 5.69 Å². The highest BCUT2D eigenvalue weighted by Gasteiger charge is 2.17. The molecular weight excluding hydrogens is 242 g/mol. The van der Waals surface area contributed by atoms with Gasteiger partial charge in [-0.3, -0.25) is 4.40 Å². The number of carbonyl (C=O) groups is 1. The van der Waals surface area contributed by atoms with E-state index in [9.17, 15) is 4.79 Å². The van der Waals surface area contributed by atoms with Crippen molar-refractivity contribution in [2.75, 3.05) is 13.6 Å². The third-order valence-electron chi connectivity index (χ3n) is 2.49. The molecule has 0 saturated heterocycles. The monoisotopic (exact) mass is 253 g/mol. The summed E-state index contributed by atoms with van der Waals surface area (Å²) < 4.78 is 1.67. The zero-order valence-corrected chi connectivity index (χ0v) is 10.0. The van der Waals surface area contributed by atoms with Crippen LogP contribution in [-0.4, -0.2) is 34.1 Å². The third-order valence-corrected chi connectivity index (χ3v) is 2.78. The topological polar surface area (TPSA) is 66.6 Å². The van der Waals surface area contributed by atoms with Crippen LogP contribution >= 0.6 is 11.6 Å². The molecule has 90 valence electrons. The Hall–Kier alpha value is -1.59. The summed E-state index contributed by atoms with van der Waals surface area (Å²) >= 11 is 6.07. The molecular formula is C11H12ClN3O2. The van der Waals surface area contributed by atoms with Crippen molar-refractivity contribution < 1.29 is 9.90 Å². The first kappa shape index (κ1) is 11.9. The molecule has 0 aliphatic rings. The number of aromatic carboxylic acids is 1. The van der Waals surface area contributed by atoms with Gasteiger partial charge >= 0.3 is 5.97 Å². The van der Waals surface area contributed by atoms with Gasteiger partial charge in [0.05, 0.1) is 5.52 Å². The van der Waals surface area contributed by atoms with E-state index in [1.807, 2.05) is 7.05 Å². The number of nitrogens with one attached hydrogen (secondary N) is 1. The van der Waals surface area contributed by atoms with E-state index in [0.29, 0.717) is 29.5 Å². The first-order valence-electron chi connectivity index (χ1n) is 5.19. The maximum atomic E-state index is 11.1. The van der Waals surface area contributed by atoms with Crippen LogP contribution in [0.3, 0.4) is 0 Å². The van der Waals surface area contributed by atoms with Crippen LogP contribution in [0.1, 0.15) is 16.3 Å². The second-order valence-electron chi connectivity index (χ2n) is 3.60. The Bertz CT molecular complexity index is 565. The minimum Gasteiger partial charge on any atom is -0.476 e. The lowest BCUT2D eigenvalue weighted by molar-refractivity contribution is 0.0693. The number of nitrogens with zero attached hydrogens (tertiary/aromatic N) is 2. The van der Waals surface area contributed by atoms with Gasteiger partial charge in [-0.15, -0.1) is 0 Å². The molecule has 17 heavy (non-hydrogen) atoms. The summed E-state index contributed by atoms with van der Waals surface area (Å²) in [5.41, 5.74) is 0.565. The van der Waals surface area contributed by atoms with Gasteiger partial charge in [0.2, 0.25) is 0 Å². The highest BCUT2D eigenvalue weighted by molar-refractivity contribution is 6.29. The molecule has 2 heterocycles. The number of imidazole rings is 1. The van der Waals surface area contributed by atoms with E-state index in [0.717, 1.165) is 0 Å². The minimum atomic E-state index is -1.04. The normalized spacial score (nSPS) is 10.9. The molecule has 0 fully saturated rings. The third kappa shape index (κ3) is 2.11. The maximum Gasteiger partial charge on any atom is 0.356 e. The van der Waals surface area contributed by atoms with E-state index in [2.05, 4.69) is 10.3 Å². The van der Waals surface area contributed by atoms with Crippen LogP contribution in [0.5, 0.6) is 0 Å². The fourth-order valence-electron chi connectivity index (χ4n) is 1.73. The predicted octanol–water partition coefficient (Wildman–Crippen LogP) is 1.45. The van der Waals surface area contributed by atoms with Crippen LogP contribution < -0.4 is 5.32 Å². The molecule has 0 aliphatic heterocycles. The Morgan fingerprint density at radius 1 is 1.59 bits per heavy atom. The molecule has 0 aromatic carbocycles. The van der Waals surface area contributed by atoms with Gasteiger partial charge in [-0.25, -0.2) is 9.78 Å². The van der Waals surface area contributed by atoms with Crippen molar-refractivity contribution in [2.45, 2.75) is 6.42 Å². The van der Waals surface area contributed by atoms with E-state index in [1.165, 1.54) is 0 Å². The zero-order valence-electron chi connectivity index (χ0n) is 9.27. The maximum absolute atomic E-state index is 11.1. The highest BCUT2D eigenvalue weighted by Crippen LogP contribution is 2.19. The molecule has 2 N–H and O–H groups in total. The smallest absolute Gasteiger partial charge is 0.356 e. The number of carboxylic acid groups (broad SMARTS) is 1. The molecule has 0 radical (unpaired) electrons. The van der Waals surface area contributed by atoms with Gasteiger partial charge in [0.15, 0.2) is 5.69 Å². The first-order valence-corrected chi connectivity index (χ1v) is 5.56. The fraction of sp³-hybridized carbons (Fsp3) is 0.273. The van der Waals surface area contributed by atoms with Crippen LogP contribution in [0.2, 0.25) is 5.15 Å². The molecule has 0 unspecified atom stereocenters. The van der Waals surface area contributed by atoms with Crippen molar-refractivity contribution in [3.63, 3.8) is 0 Å². The molecule has 0 spiro atoms. The Morgan fingerprint density at radius 2 is 2.35 bits per heavy atom. The summed E-state index contributed by atoms with van der Waals surface area (Å²) in [4.78, 5) is 15.2. The lowest BCUT2D eigenvalue weighted by Gasteiger charge is -2.02. The largest absolute Gasteiger partial charge is 0.476 e. The summed E-state index contributed by atoms with van der Waals surface area (Å²) in [5.74, 6) is -0.391. The van der Waals surface area contributed by atoms with Crippen molar-refractivity contribution in [1.29, 1.82) is 0 Å². The number of aromatic nitrogens is 2. The van der Waals surface area contributed by atoms with Gasteiger partial charge in [-0.2, -0.15) is 0 Å². The number of hydrogen-bond acceptors (Lipinski definition) is 3. The number of hydrogen-bond donors (Lipinski definition) is 2. The second-order valence-corrected chi connectivity index (χ2v) is 3.99. The molecule has 0 aliphatic carbocycles. The van der Waals surface area contributed by atoms with Crippen molar-refractivity contribution in [3.8, 4) is 0 Å². The van der Waals surface area contributed by atoms with Crippen LogP contribution in [0.25, 0.3) is 5.52 Å². The summed E-state index contributed by atoms with van der Waals surface area (Å²) in [7, 11) is 1.83. The van der Waals surface area contributed by atoms with Gasteiger partial charge in [-0.05, 0) is 19.2 Å². The van der Waals surface area contributed by atoms with Gasteiger partial charge < -0.3 is 10.4 Å². The zero-order chi connectivity index (χ0) is 12.4. The molecule has 0 atom stereocenters. The number of halogens is 1. The van der Waals surface area contributed by atoms with Crippen LogP contribution in [0.4, 0.5) is 0 Å². The second kappa shape index (κ2) is 4.73. The predicted molar refractivity (Wildman–Crippen MR) is 64.8 cm³/mol. The van der Waals surface area contributed by atoms with E-state index in [1.54, 1.807) is 22.6 Å². The van der Waals surface area contributed by atoms with Crippen molar-refractivity contribution in [1.82, 2.24) is 14.7 Å².